The maximum Gasteiger partial charge on any atom is 0.225 e. The van der Waals surface area contributed by atoms with Gasteiger partial charge in [-0.25, -0.2) is 4.39 Å². The highest BCUT2D eigenvalue weighted by Gasteiger charge is 2.36. The molecule has 2 N–H and O–H groups in total. The minimum atomic E-state index is -0.368. The van der Waals surface area contributed by atoms with Crippen LogP contribution >= 0.6 is 0 Å². The lowest BCUT2D eigenvalue weighted by molar-refractivity contribution is -0.122. The van der Waals surface area contributed by atoms with Crippen LogP contribution < -0.4 is 10.1 Å². The quantitative estimate of drug-likeness (QED) is 0.867. The second-order valence-corrected chi connectivity index (χ2v) is 7.16. The second-order valence-electron chi connectivity index (χ2n) is 7.16. The number of aliphatic hydroxyl groups is 1. The van der Waals surface area contributed by atoms with Gasteiger partial charge in [0.25, 0.3) is 0 Å². The van der Waals surface area contributed by atoms with Crippen LogP contribution in [0.4, 0.5) is 4.39 Å². The number of halogens is 1. The molecule has 1 heterocycles. The molecule has 0 bridgehead atoms. The summed E-state index contributed by atoms with van der Waals surface area (Å²) in [4.78, 5) is 12.5. The highest BCUT2D eigenvalue weighted by Crippen LogP contribution is 2.39. The first-order valence-electron chi connectivity index (χ1n) is 9.06. The van der Waals surface area contributed by atoms with Crippen molar-refractivity contribution in [2.45, 2.75) is 37.8 Å². The number of fused-ring (bicyclic) bond motifs is 1. The first-order chi connectivity index (χ1) is 12.6. The molecule has 5 heteroatoms. The van der Waals surface area contributed by atoms with Gasteiger partial charge in [-0.1, -0.05) is 24.3 Å². The van der Waals surface area contributed by atoms with E-state index in [1.165, 1.54) is 6.07 Å². The summed E-state index contributed by atoms with van der Waals surface area (Å²) in [5, 5.41) is 12.8. The van der Waals surface area contributed by atoms with E-state index in [2.05, 4.69) is 11.4 Å². The Kier molecular flexibility index (Phi) is 4.64. The predicted molar refractivity (Wildman–Crippen MR) is 95.4 cm³/mol. The molecule has 0 radical (unpaired) electrons. The highest BCUT2D eigenvalue weighted by molar-refractivity contribution is 5.79. The fourth-order valence-electron chi connectivity index (χ4n) is 3.81. The lowest BCUT2D eigenvalue weighted by Crippen LogP contribution is -2.42. The largest absolute Gasteiger partial charge is 0.493 e. The Morgan fingerprint density at radius 3 is 2.85 bits per heavy atom. The van der Waals surface area contributed by atoms with E-state index in [0.29, 0.717) is 25.0 Å². The summed E-state index contributed by atoms with van der Waals surface area (Å²) in [6.07, 6.45) is 1.90. The molecule has 0 aromatic heterocycles. The summed E-state index contributed by atoms with van der Waals surface area (Å²) in [6.45, 7) is 0.686. The number of aliphatic hydroxyl groups excluding tert-OH is 1. The lowest BCUT2D eigenvalue weighted by atomic mass is 9.74. The van der Waals surface area contributed by atoms with Crippen LogP contribution in [0.2, 0.25) is 0 Å². The van der Waals surface area contributed by atoms with Crippen molar-refractivity contribution in [2.75, 3.05) is 6.61 Å². The molecule has 0 unspecified atom stereocenters. The first-order valence-corrected chi connectivity index (χ1v) is 9.06. The molecule has 1 atom stereocenters. The van der Waals surface area contributed by atoms with E-state index in [9.17, 15) is 14.3 Å². The van der Waals surface area contributed by atoms with Crippen molar-refractivity contribution in [2.24, 2.45) is 5.92 Å². The predicted octanol–water partition coefficient (Wildman–Crippen LogP) is 2.93. The Hall–Kier alpha value is -2.40. The van der Waals surface area contributed by atoms with E-state index in [1.54, 1.807) is 18.2 Å². The van der Waals surface area contributed by atoms with Crippen LogP contribution in [0.3, 0.4) is 0 Å². The molecular formula is C21H22FNO3. The smallest absolute Gasteiger partial charge is 0.225 e. The molecule has 2 aliphatic rings. The van der Waals surface area contributed by atoms with Crippen LogP contribution in [0, 0.1) is 11.7 Å². The topological polar surface area (TPSA) is 58.6 Å². The summed E-state index contributed by atoms with van der Waals surface area (Å²) >= 11 is 0. The third-order valence-electron chi connectivity index (χ3n) is 5.32. The average Bonchev–Trinajstić information content (AvgIpc) is 3.07. The Morgan fingerprint density at radius 2 is 2.08 bits per heavy atom. The average molecular weight is 355 g/mol. The SMILES string of the molecule is O=C(Cc1ccccc1F)N[C@H](c1ccc2c(c1)CCO2)C1CC(O)C1. The van der Waals surface area contributed by atoms with Crippen LogP contribution in [-0.4, -0.2) is 23.7 Å². The zero-order chi connectivity index (χ0) is 18.1. The van der Waals surface area contributed by atoms with E-state index in [4.69, 9.17) is 4.74 Å². The Morgan fingerprint density at radius 1 is 1.27 bits per heavy atom. The van der Waals surface area contributed by atoms with Crippen LogP contribution in [0.25, 0.3) is 0 Å². The lowest BCUT2D eigenvalue weighted by Gasteiger charge is -2.38. The maximum atomic E-state index is 13.8. The number of benzene rings is 2. The third-order valence-corrected chi connectivity index (χ3v) is 5.32. The van der Waals surface area contributed by atoms with Gasteiger partial charge in [-0.05, 0) is 53.6 Å². The van der Waals surface area contributed by atoms with E-state index >= 15 is 0 Å². The van der Waals surface area contributed by atoms with Gasteiger partial charge >= 0.3 is 0 Å². The van der Waals surface area contributed by atoms with Gasteiger partial charge in [0.05, 0.1) is 25.2 Å². The Labute approximate surface area is 152 Å². The highest BCUT2D eigenvalue weighted by atomic mass is 19.1. The van der Waals surface area contributed by atoms with Crippen molar-refractivity contribution in [3.8, 4) is 5.75 Å². The standard InChI is InChI=1S/C21H22FNO3/c22-18-4-2-1-3-13(18)12-20(25)23-21(16-10-17(24)11-16)15-5-6-19-14(9-15)7-8-26-19/h1-6,9,16-17,21,24H,7-8,10-12H2,(H,23,25)/t16?,17?,21-/m1/s1. The van der Waals surface area contributed by atoms with Crippen LogP contribution in [0.15, 0.2) is 42.5 Å². The second kappa shape index (κ2) is 7.08. The summed E-state index contributed by atoms with van der Waals surface area (Å²) in [5.41, 5.74) is 2.56. The molecule has 1 saturated carbocycles. The number of hydrogen-bond acceptors (Lipinski definition) is 3. The fraction of sp³-hybridized carbons (Fsp3) is 0.381. The normalized spacial score (nSPS) is 22.1. The summed E-state index contributed by atoms with van der Waals surface area (Å²) in [7, 11) is 0. The number of ether oxygens (including phenoxy) is 1. The third kappa shape index (κ3) is 3.44. The fourth-order valence-corrected chi connectivity index (χ4v) is 3.81. The maximum absolute atomic E-state index is 13.8. The number of nitrogens with one attached hydrogen (secondary N) is 1. The molecule has 1 fully saturated rings. The van der Waals surface area contributed by atoms with Crippen LogP contribution in [0.1, 0.15) is 35.6 Å². The van der Waals surface area contributed by atoms with E-state index < -0.39 is 0 Å². The molecule has 1 amide bonds. The van der Waals surface area contributed by atoms with Gasteiger partial charge in [0.1, 0.15) is 11.6 Å². The van der Waals surface area contributed by atoms with Gasteiger partial charge in [0, 0.05) is 6.42 Å². The van der Waals surface area contributed by atoms with Crippen LogP contribution in [-0.2, 0) is 17.6 Å². The van der Waals surface area contributed by atoms with Crippen molar-refractivity contribution in [3.05, 3.63) is 65.0 Å². The van der Waals surface area contributed by atoms with Crippen molar-refractivity contribution in [1.29, 1.82) is 0 Å². The van der Waals surface area contributed by atoms with Crippen molar-refractivity contribution in [3.63, 3.8) is 0 Å². The molecule has 26 heavy (non-hydrogen) atoms. The van der Waals surface area contributed by atoms with Crippen LogP contribution in [0.5, 0.6) is 5.75 Å². The molecule has 136 valence electrons. The molecule has 4 rings (SSSR count). The van der Waals surface area contributed by atoms with Crippen molar-refractivity contribution in [1.82, 2.24) is 5.32 Å². The molecular weight excluding hydrogens is 333 g/mol. The van der Waals surface area contributed by atoms with E-state index in [-0.39, 0.29) is 36.2 Å². The molecule has 4 nitrogen and oxygen atoms in total. The van der Waals surface area contributed by atoms with Gasteiger partial charge in [-0.2, -0.15) is 0 Å². The van der Waals surface area contributed by atoms with E-state index in [0.717, 1.165) is 23.3 Å². The summed E-state index contributed by atoms with van der Waals surface area (Å²) < 4.78 is 19.4. The number of amides is 1. The number of hydrogen-bond donors (Lipinski definition) is 2. The number of rotatable bonds is 5. The number of carbonyl (C=O) groups is 1. The molecule has 1 aliphatic heterocycles. The zero-order valence-corrected chi connectivity index (χ0v) is 14.5. The zero-order valence-electron chi connectivity index (χ0n) is 14.5. The van der Waals surface area contributed by atoms with Gasteiger partial charge < -0.3 is 15.2 Å². The summed E-state index contributed by atoms with van der Waals surface area (Å²) in [5.74, 6) is 0.514. The van der Waals surface area contributed by atoms with E-state index in [1.807, 2.05) is 12.1 Å². The van der Waals surface area contributed by atoms with Gasteiger partial charge in [0.2, 0.25) is 5.91 Å². The first kappa shape index (κ1) is 17.0. The van der Waals surface area contributed by atoms with Gasteiger partial charge in [-0.15, -0.1) is 0 Å². The monoisotopic (exact) mass is 355 g/mol. The molecule has 1 aliphatic carbocycles. The molecule has 2 aromatic rings. The Balaban J connectivity index is 1.52. The van der Waals surface area contributed by atoms with Crippen molar-refractivity contribution < 1.29 is 19.0 Å². The molecule has 2 aromatic carbocycles. The minimum absolute atomic E-state index is 0.00645. The molecule has 0 spiro atoms. The van der Waals surface area contributed by atoms with Crippen molar-refractivity contribution >= 4 is 5.91 Å². The van der Waals surface area contributed by atoms with Gasteiger partial charge in [-0.3, -0.25) is 4.79 Å². The molecule has 0 saturated heterocycles. The minimum Gasteiger partial charge on any atom is -0.493 e. The Bertz CT molecular complexity index is 817. The summed E-state index contributed by atoms with van der Waals surface area (Å²) in [6, 6.07) is 12.2. The number of carbonyl (C=O) groups excluding carboxylic acids is 1. The van der Waals surface area contributed by atoms with Gasteiger partial charge in [0.15, 0.2) is 0 Å².